The summed E-state index contributed by atoms with van der Waals surface area (Å²) in [5.41, 5.74) is 0.0418. The Labute approximate surface area is 112 Å². The second kappa shape index (κ2) is 6.54. The number of aliphatic hydroxyl groups is 1. The molecule has 3 nitrogen and oxygen atoms in total. The van der Waals surface area contributed by atoms with E-state index < -0.39 is 0 Å². The second-order valence-electron chi connectivity index (χ2n) is 6.82. The van der Waals surface area contributed by atoms with Crippen molar-refractivity contribution in [2.24, 2.45) is 11.3 Å². The van der Waals surface area contributed by atoms with Gasteiger partial charge in [-0.05, 0) is 30.6 Å². The van der Waals surface area contributed by atoms with Crippen molar-refractivity contribution in [2.45, 2.75) is 64.8 Å². The van der Waals surface area contributed by atoms with Crippen molar-refractivity contribution in [3.63, 3.8) is 0 Å². The number of aliphatic hydroxyl groups excluding tert-OH is 1. The first-order chi connectivity index (χ1) is 8.43. The molecule has 0 heterocycles. The van der Waals surface area contributed by atoms with Gasteiger partial charge in [0, 0.05) is 18.5 Å². The lowest BCUT2D eigenvalue weighted by Crippen LogP contribution is -2.53. The smallest absolute Gasteiger partial charge is 0.0621 e. The van der Waals surface area contributed by atoms with Gasteiger partial charge in [0.25, 0.3) is 0 Å². The lowest BCUT2D eigenvalue weighted by atomic mass is 9.76. The topological polar surface area (TPSA) is 56.0 Å². The predicted octanol–water partition coefficient (Wildman–Crippen LogP) is 2.85. The Bertz CT molecular complexity index is 295. The lowest BCUT2D eigenvalue weighted by Gasteiger charge is -2.41. The Morgan fingerprint density at radius 3 is 2.78 bits per heavy atom. The molecule has 2 atom stereocenters. The highest BCUT2D eigenvalue weighted by Crippen LogP contribution is 2.33. The van der Waals surface area contributed by atoms with Crippen molar-refractivity contribution in [1.29, 1.82) is 5.26 Å². The standard InChI is InChI=1S/C15H28N2O/c1-13-6-4-8-15(10-13,12-18)17-11-14(2,3)7-5-9-16/h13,17-18H,4-8,10-12H2,1-3H3. The molecule has 1 saturated carbocycles. The Morgan fingerprint density at radius 2 is 2.22 bits per heavy atom. The van der Waals surface area contributed by atoms with Gasteiger partial charge in [-0.3, -0.25) is 0 Å². The van der Waals surface area contributed by atoms with E-state index in [0.717, 1.165) is 25.8 Å². The van der Waals surface area contributed by atoms with Crippen LogP contribution in [0.2, 0.25) is 0 Å². The minimum absolute atomic E-state index is 0.0818. The number of nitriles is 1. The number of rotatable bonds is 6. The molecule has 1 aliphatic rings. The van der Waals surface area contributed by atoms with Gasteiger partial charge in [-0.25, -0.2) is 0 Å². The van der Waals surface area contributed by atoms with E-state index in [0.29, 0.717) is 12.3 Å². The van der Waals surface area contributed by atoms with Crippen molar-refractivity contribution >= 4 is 0 Å². The minimum Gasteiger partial charge on any atom is -0.394 e. The van der Waals surface area contributed by atoms with E-state index in [4.69, 9.17) is 5.26 Å². The average Bonchev–Trinajstić information content (AvgIpc) is 2.34. The summed E-state index contributed by atoms with van der Waals surface area (Å²) in [5.74, 6) is 0.695. The summed E-state index contributed by atoms with van der Waals surface area (Å²) in [5, 5.41) is 22.0. The quantitative estimate of drug-likeness (QED) is 0.764. The first-order valence-corrected chi connectivity index (χ1v) is 7.16. The summed E-state index contributed by atoms with van der Waals surface area (Å²) in [6, 6.07) is 2.22. The van der Waals surface area contributed by atoms with E-state index in [1.807, 2.05) is 0 Å². The van der Waals surface area contributed by atoms with Gasteiger partial charge in [0.15, 0.2) is 0 Å². The van der Waals surface area contributed by atoms with E-state index in [-0.39, 0.29) is 17.6 Å². The first-order valence-electron chi connectivity index (χ1n) is 7.16. The van der Waals surface area contributed by atoms with E-state index >= 15 is 0 Å². The van der Waals surface area contributed by atoms with Crippen LogP contribution in [0.3, 0.4) is 0 Å². The van der Waals surface area contributed by atoms with Crippen LogP contribution in [0.25, 0.3) is 0 Å². The molecule has 1 fully saturated rings. The lowest BCUT2D eigenvalue weighted by molar-refractivity contribution is 0.0878. The number of nitrogens with zero attached hydrogens (tertiary/aromatic N) is 1. The average molecular weight is 252 g/mol. The van der Waals surface area contributed by atoms with Crippen LogP contribution in [0, 0.1) is 22.7 Å². The highest BCUT2D eigenvalue weighted by molar-refractivity contribution is 4.94. The molecule has 0 spiro atoms. The highest BCUT2D eigenvalue weighted by Gasteiger charge is 2.35. The van der Waals surface area contributed by atoms with Crippen molar-refractivity contribution < 1.29 is 5.11 Å². The summed E-state index contributed by atoms with van der Waals surface area (Å²) < 4.78 is 0. The predicted molar refractivity (Wildman–Crippen MR) is 74.1 cm³/mol. The summed E-state index contributed by atoms with van der Waals surface area (Å²) >= 11 is 0. The molecule has 0 bridgehead atoms. The van der Waals surface area contributed by atoms with Crippen molar-refractivity contribution in [1.82, 2.24) is 5.32 Å². The fourth-order valence-electron chi connectivity index (χ4n) is 2.93. The van der Waals surface area contributed by atoms with E-state index in [9.17, 15) is 5.11 Å². The van der Waals surface area contributed by atoms with Gasteiger partial charge in [-0.2, -0.15) is 5.26 Å². The molecule has 2 N–H and O–H groups in total. The van der Waals surface area contributed by atoms with Gasteiger partial charge in [0.05, 0.1) is 12.7 Å². The number of hydrogen-bond donors (Lipinski definition) is 2. The monoisotopic (exact) mass is 252 g/mol. The van der Waals surface area contributed by atoms with Crippen LogP contribution in [0.15, 0.2) is 0 Å². The molecule has 18 heavy (non-hydrogen) atoms. The van der Waals surface area contributed by atoms with Crippen molar-refractivity contribution in [2.75, 3.05) is 13.2 Å². The molecule has 1 aliphatic carbocycles. The van der Waals surface area contributed by atoms with Gasteiger partial charge in [-0.1, -0.05) is 33.6 Å². The maximum atomic E-state index is 9.72. The van der Waals surface area contributed by atoms with Crippen LogP contribution in [0.5, 0.6) is 0 Å². The Kier molecular flexibility index (Phi) is 5.62. The molecular formula is C15H28N2O. The molecule has 2 unspecified atom stereocenters. The molecule has 3 heteroatoms. The van der Waals surface area contributed by atoms with Gasteiger partial charge in [-0.15, -0.1) is 0 Å². The molecule has 0 aromatic heterocycles. The van der Waals surface area contributed by atoms with Crippen LogP contribution >= 0.6 is 0 Å². The Hall–Kier alpha value is -0.590. The molecule has 0 saturated heterocycles. The van der Waals surface area contributed by atoms with Gasteiger partial charge in [0.1, 0.15) is 0 Å². The van der Waals surface area contributed by atoms with E-state index in [1.165, 1.54) is 12.8 Å². The molecule has 0 aromatic rings. The maximum Gasteiger partial charge on any atom is 0.0621 e. The zero-order chi connectivity index (χ0) is 13.6. The Balaban J connectivity index is 2.50. The fraction of sp³-hybridized carbons (Fsp3) is 0.933. The summed E-state index contributed by atoms with van der Waals surface area (Å²) in [7, 11) is 0. The second-order valence-corrected chi connectivity index (χ2v) is 6.82. The number of nitrogens with one attached hydrogen (secondary N) is 1. The SMILES string of the molecule is CC1CCCC(CO)(NCC(C)(C)CCC#N)C1. The fourth-order valence-corrected chi connectivity index (χ4v) is 2.93. The third-order valence-corrected chi connectivity index (χ3v) is 4.25. The van der Waals surface area contributed by atoms with Crippen molar-refractivity contribution in [3.05, 3.63) is 0 Å². The zero-order valence-electron chi connectivity index (χ0n) is 12.1. The van der Waals surface area contributed by atoms with Crippen molar-refractivity contribution in [3.8, 4) is 6.07 Å². The largest absolute Gasteiger partial charge is 0.394 e. The summed E-state index contributed by atoms with van der Waals surface area (Å²) in [6.45, 7) is 7.75. The normalized spacial score (nSPS) is 28.9. The summed E-state index contributed by atoms with van der Waals surface area (Å²) in [4.78, 5) is 0. The van der Waals surface area contributed by atoms with Gasteiger partial charge >= 0.3 is 0 Å². The minimum atomic E-state index is -0.0818. The molecule has 104 valence electrons. The Morgan fingerprint density at radius 1 is 1.50 bits per heavy atom. The molecule has 0 amide bonds. The molecule has 0 aromatic carbocycles. The van der Waals surface area contributed by atoms with E-state index in [1.54, 1.807) is 0 Å². The van der Waals surface area contributed by atoms with Crippen LogP contribution in [0.4, 0.5) is 0 Å². The molecular weight excluding hydrogens is 224 g/mol. The maximum absolute atomic E-state index is 9.72. The highest BCUT2D eigenvalue weighted by atomic mass is 16.3. The zero-order valence-corrected chi connectivity index (χ0v) is 12.1. The first kappa shape index (κ1) is 15.5. The molecule has 1 rings (SSSR count). The van der Waals surface area contributed by atoms with Gasteiger partial charge in [0.2, 0.25) is 0 Å². The molecule has 0 radical (unpaired) electrons. The number of hydrogen-bond acceptors (Lipinski definition) is 3. The third-order valence-electron chi connectivity index (χ3n) is 4.25. The van der Waals surface area contributed by atoms with E-state index in [2.05, 4.69) is 32.2 Å². The van der Waals surface area contributed by atoms with Gasteiger partial charge < -0.3 is 10.4 Å². The van der Waals surface area contributed by atoms with Crippen LogP contribution in [-0.2, 0) is 0 Å². The third kappa shape index (κ3) is 4.59. The van der Waals surface area contributed by atoms with Crippen LogP contribution in [-0.4, -0.2) is 23.8 Å². The van der Waals surface area contributed by atoms with Crippen LogP contribution in [0.1, 0.15) is 59.3 Å². The molecule has 0 aliphatic heterocycles. The van der Waals surface area contributed by atoms with Crippen LogP contribution < -0.4 is 5.32 Å². The summed E-state index contributed by atoms with van der Waals surface area (Å²) in [6.07, 6.45) is 6.14.